The van der Waals surface area contributed by atoms with Gasteiger partial charge in [0.2, 0.25) is 0 Å². The molecule has 0 spiro atoms. The Bertz CT molecular complexity index is 76.1. The predicted molar refractivity (Wildman–Crippen MR) is 26.4 cm³/mol. The number of hydrogen-bond acceptors (Lipinski definition) is 0. The van der Waals surface area contributed by atoms with Crippen molar-refractivity contribution in [2.45, 2.75) is 0 Å². The summed E-state index contributed by atoms with van der Waals surface area (Å²) in [6.45, 7) is 0. The molecule has 0 aliphatic carbocycles. The van der Waals surface area contributed by atoms with Gasteiger partial charge >= 0.3 is 0 Å². The van der Waals surface area contributed by atoms with Crippen LogP contribution in [0.5, 0.6) is 0 Å². The van der Waals surface area contributed by atoms with E-state index in [4.69, 9.17) is 0 Å². The fourth-order valence-electron chi connectivity index (χ4n) is 0.385. The minimum atomic E-state index is 0. The van der Waals surface area contributed by atoms with Crippen LogP contribution < -0.4 is 0 Å². The monoisotopic (exact) mass is 210 g/mol. The normalized spacial score (nSPS) is 6.86. The molecule has 0 amide bonds. The molecule has 0 N–H and O–H groups in total. The standard InChI is InChI=1S/C6H6.Xe/c1-2-4-6-5-3-1;/h1-6H;. The molecule has 0 bridgehead atoms. The van der Waals surface area contributed by atoms with Gasteiger partial charge in [-0.3, -0.25) is 0 Å². The first-order valence-corrected chi connectivity index (χ1v) is 2.00. The molecule has 7 heavy (non-hydrogen) atoms. The number of hydrogen-bond donors (Lipinski definition) is 0. The van der Waals surface area contributed by atoms with Crippen LogP contribution in [-0.4, -0.2) is 0 Å². The molecule has 1 aromatic carbocycles. The van der Waals surface area contributed by atoms with Crippen molar-refractivity contribution in [2.24, 2.45) is 0 Å². The maximum absolute atomic E-state index is 2.00. The minimum absolute atomic E-state index is 0. The van der Waals surface area contributed by atoms with E-state index in [0.717, 1.165) is 0 Å². The second-order valence-corrected chi connectivity index (χ2v) is 1.15. The molecular weight excluding hydrogens is 203 g/mol. The summed E-state index contributed by atoms with van der Waals surface area (Å²) >= 11 is 0. The Morgan fingerprint density at radius 1 is 0.429 bits per heavy atom. The molecule has 1 heteroatoms. The van der Waals surface area contributed by atoms with Crippen molar-refractivity contribution < 1.29 is 48.9 Å². The van der Waals surface area contributed by atoms with Gasteiger partial charge in [-0.25, -0.2) is 0 Å². The van der Waals surface area contributed by atoms with E-state index < -0.39 is 0 Å². The van der Waals surface area contributed by atoms with E-state index in [-0.39, 0.29) is 48.9 Å². The van der Waals surface area contributed by atoms with E-state index in [2.05, 4.69) is 0 Å². The van der Waals surface area contributed by atoms with Crippen molar-refractivity contribution in [1.82, 2.24) is 0 Å². The van der Waals surface area contributed by atoms with Crippen LogP contribution in [0.2, 0.25) is 0 Å². The second-order valence-electron chi connectivity index (χ2n) is 1.15. The van der Waals surface area contributed by atoms with Crippen LogP contribution in [0.4, 0.5) is 0 Å². The van der Waals surface area contributed by atoms with E-state index >= 15 is 0 Å². The van der Waals surface area contributed by atoms with E-state index in [9.17, 15) is 0 Å². The van der Waals surface area contributed by atoms with Crippen molar-refractivity contribution in [3.05, 3.63) is 36.4 Å². The Balaban J connectivity index is 0.000000360. The van der Waals surface area contributed by atoms with E-state index in [1.165, 1.54) is 0 Å². The van der Waals surface area contributed by atoms with Crippen molar-refractivity contribution >= 4 is 0 Å². The average Bonchev–Trinajstić information content (AvgIpc) is 1.72. The molecule has 0 fully saturated rings. The Morgan fingerprint density at radius 2 is 0.571 bits per heavy atom. The molecule has 0 atom stereocenters. The quantitative estimate of drug-likeness (QED) is 0.610. The predicted octanol–water partition coefficient (Wildman–Crippen LogP) is 1.69. The van der Waals surface area contributed by atoms with Crippen LogP contribution in [0.15, 0.2) is 36.4 Å². The van der Waals surface area contributed by atoms with E-state index in [1.54, 1.807) is 0 Å². The first-order chi connectivity index (χ1) is 3.00. The van der Waals surface area contributed by atoms with Crippen LogP contribution in [0, 0.1) is 48.9 Å². The third-order valence-corrected chi connectivity index (χ3v) is 0.667. The van der Waals surface area contributed by atoms with Gasteiger partial charge in [0.15, 0.2) is 0 Å². The summed E-state index contributed by atoms with van der Waals surface area (Å²) in [6, 6.07) is 12.0. The van der Waals surface area contributed by atoms with E-state index in [0.29, 0.717) is 0 Å². The van der Waals surface area contributed by atoms with Crippen molar-refractivity contribution in [3.63, 3.8) is 0 Å². The second kappa shape index (κ2) is 4.94. The Labute approximate surface area is 84.0 Å². The third kappa shape index (κ3) is 3.38. The van der Waals surface area contributed by atoms with Gasteiger partial charge in [0.1, 0.15) is 0 Å². The fraction of sp³-hybridized carbons (Fsp3) is 0. The smallest absolute Gasteiger partial charge is 0 e. The number of benzene rings is 1. The summed E-state index contributed by atoms with van der Waals surface area (Å²) < 4.78 is 0. The average molecular weight is 209 g/mol. The van der Waals surface area contributed by atoms with Gasteiger partial charge in [0, 0.05) is 48.9 Å². The maximum Gasteiger partial charge on any atom is 0 e. The molecule has 0 saturated heterocycles. The Morgan fingerprint density at radius 3 is 0.714 bits per heavy atom. The van der Waals surface area contributed by atoms with E-state index in [1.807, 2.05) is 36.4 Å². The van der Waals surface area contributed by atoms with Gasteiger partial charge in [-0.1, -0.05) is 36.4 Å². The Hall–Kier alpha value is 0.791. The maximum atomic E-state index is 2.00. The molecule has 0 unspecified atom stereocenters. The zero-order chi connectivity index (χ0) is 4.24. The molecule has 0 radical (unpaired) electrons. The third-order valence-electron chi connectivity index (χ3n) is 0.667. The molecular formula is C6H6Xe. The topological polar surface area (TPSA) is 0 Å². The zero-order valence-electron chi connectivity index (χ0n) is 3.82. The van der Waals surface area contributed by atoms with Gasteiger partial charge in [-0.05, 0) is 0 Å². The van der Waals surface area contributed by atoms with Gasteiger partial charge in [-0.15, -0.1) is 0 Å². The molecule has 0 heterocycles. The van der Waals surface area contributed by atoms with Gasteiger partial charge in [-0.2, -0.15) is 0 Å². The van der Waals surface area contributed by atoms with Crippen LogP contribution >= 0.6 is 0 Å². The summed E-state index contributed by atoms with van der Waals surface area (Å²) in [7, 11) is 0. The molecule has 1 rings (SSSR count). The summed E-state index contributed by atoms with van der Waals surface area (Å²) in [6.07, 6.45) is 0. The minimum Gasteiger partial charge on any atom is -0.0623 e. The fourth-order valence-corrected chi connectivity index (χ4v) is 0.385. The molecule has 38 valence electrons. The molecule has 0 nitrogen and oxygen atoms in total. The molecule has 0 saturated carbocycles. The molecule has 1 aromatic rings. The largest absolute Gasteiger partial charge is 0.0623 e. The summed E-state index contributed by atoms with van der Waals surface area (Å²) in [4.78, 5) is 0. The summed E-state index contributed by atoms with van der Waals surface area (Å²) in [5, 5.41) is 0. The zero-order valence-corrected chi connectivity index (χ0v) is 5.84. The first kappa shape index (κ1) is 7.79. The van der Waals surface area contributed by atoms with Crippen molar-refractivity contribution in [3.8, 4) is 0 Å². The van der Waals surface area contributed by atoms with Crippen LogP contribution in [0.1, 0.15) is 0 Å². The van der Waals surface area contributed by atoms with Crippen molar-refractivity contribution in [2.75, 3.05) is 0 Å². The van der Waals surface area contributed by atoms with Gasteiger partial charge < -0.3 is 0 Å². The van der Waals surface area contributed by atoms with Gasteiger partial charge in [0.05, 0.1) is 0 Å². The first-order valence-electron chi connectivity index (χ1n) is 2.00. The van der Waals surface area contributed by atoms with Crippen LogP contribution in [0.25, 0.3) is 0 Å². The molecule has 0 aliphatic rings. The van der Waals surface area contributed by atoms with Crippen LogP contribution in [0.3, 0.4) is 0 Å². The van der Waals surface area contributed by atoms with Gasteiger partial charge in [0.25, 0.3) is 0 Å². The Kier molecular flexibility index (Phi) is 5.50. The molecule has 0 aromatic heterocycles. The summed E-state index contributed by atoms with van der Waals surface area (Å²) in [5.41, 5.74) is 0. The van der Waals surface area contributed by atoms with Crippen LogP contribution in [-0.2, 0) is 0 Å². The summed E-state index contributed by atoms with van der Waals surface area (Å²) in [5.74, 6) is 0. The molecule has 0 aliphatic heterocycles. The van der Waals surface area contributed by atoms with Crippen molar-refractivity contribution in [1.29, 1.82) is 0 Å². The SMILES string of the molecule is [Xe].c1ccccc1. The number of rotatable bonds is 0.